The maximum absolute atomic E-state index is 5.98. The lowest BCUT2D eigenvalue weighted by Gasteiger charge is -2.05. The molecule has 1 heterocycles. The van der Waals surface area contributed by atoms with Crippen molar-refractivity contribution in [3.05, 3.63) is 70.2 Å². The molecule has 0 atom stereocenters. The zero-order chi connectivity index (χ0) is 15.4. The maximum Gasteiger partial charge on any atom is 0.225 e. The molecule has 0 amide bonds. The highest BCUT2D eigenvalue weighted by molar-refractivity contribution is 9.10. The number of rotatable bonds is 4. The molecule has 0 spiro atoms. The van der Waals surface area contributed by atoms with Gasteiger partial charge in [-0.25, -0.2) is 4.99 Å². The van der Waals surface area contributed by atoms with Gasteiger partial charge in [0, 0.05) is 22.0 Å². The molecule has 112 valence electrons. The molecule has 4 heteroatoms. The second-order valence-electron chi connectivity index (χ2n) is 4.84. The average Bonchev–Trinajstić information content (AvgIpc) is 2.54. The SMILES string of the molecule is CCOCc1cc2cc(Br)ccc2o/c1=N\c1ccccc1. The second-order valence-corrected chi connectivity index (χ2v) is 5.76. The van der Waals surface area contributed by atoms with Crippen LogP contribution in [0.25, 0.3) is 11.0 Å². The van der Waals surface area contributed by atoms with Gasteiger partial charge in [-0.05, 0) is 43.3 Å². The Labute approximate surface area is 137 Å². The first-order chi connectivity index (χ1) is 10.8. The van der Waals surface area contributed by atoms with Gasteiger partial charge >= 0.3 is 0 Å². The van der Waals surface area contributed by atoms with E-state index in [0.717, 1.165) is 26.7 Å². The Morgan fingerprint density at radius 2 is 1.91 bits per heavy atom. The molecular weight excluding hydrogens is 342 g/mol. The molecule has 0 unspecified atom stereocenters. The highest BCUT2D eigenvalue weighted by atomic mass is 79.9. The van der Waals surface area contributed by atoms with Crippen molar-refractivity contribution in [1.82, 2.24) is 0 Å². The Bertz CT molecular complexity index is 841. The van der Waals surface area contributed by atoms with Gasteiger partial charge in [0.2, 0.25) is 5.55 Å². The largest absolute Gasteiger partial charge is 0.438 e. The third kappa shape index (κ3) is 3.46. The molecule has 0 aliphatic carbocycles. The molecule has 0 bridgehead atoms. The van der Waals surface area contributed by atoms with Crippen LogP contribution in [-0.4, -0.2) is 6.61 Å². The number of benzene rings is 2. The van der Waals surface area contributed by atoms with Gasteiger partial charge in [-0.1, -0.05) is 34.1 Å². The lowest BCUT2D eigenvalue weighted by molar-refractivity contribution is 0.131. The molecule has 0 aliphatic heterocycles. The average molecular weight is 358 g/mol. The van der Waals surface area contributed by atoms with Gasteiger partial charge in [0.1, 0.15) is 5.58 Å². The van der Waals surface area contributed by atoms with Crippen molar-refractivity contribution in [2.75, 3.05) is 6.61 Å². The van der Waals surface area contributed by atoms with Gasteiger partial charge in [-0.2, -0.15) is 0 Å². The van der Waals surface area contributed by atoms with Crippen LogP contribution >= 0.6 is 15.9 Å². The van der Waals surface area contributed by atoms with E-state index in [4.69, 9.17) is 9.15 Å². The first kappa shape index (κ1) is 15.0. The Morgan fingerprint density at radius 3 is 2.68 bits per heavy atom. The number of halogens is 1. The van der Waals surface area contributed by atoms with Crippen molar-refractivity contribution < 1.29 is 9.15 Å². The highest BCUT2D eigenvalue weighted by Gasteiger charge is 2.05. The minimum atomic E-state index is 0.480. The fourth-order valence-corrected chi connectivity index (χ4v) is 2.55. The third-order valence-corrected chi connectivity index (χ3v) is 3.72. The number of fused-ring (bicyclic) bond motifs is 1. The molecule has 0 saturated carbocycles. The van der Waals surface area contributed by atoms with Crippen LogP contribution in [0.4, 0.5) is 5.69 Å². The van der Waals surface area contributed by atoms with Gasteiger partial charge < -0.3 is 9.15 Å². The molecule has 0 saturated heterocycles. The van der Waals surface area contributed by atoms with Crippen molar-refractivity contribution in [2.24, 2.45) is 4.99 Å². The minimum absolute atomic E-state index is 0.480. The lowest BCUT2D eigenvalue weighted by atomic mass is 10.2. The fourth-order valence-electron chi connectivity index (χ4n) is 2.17. The van der Waals surface area contributed by atoms with E-state index in [9.17, 15) is 0 Å². The van der Waals surface area contributed by atoms with Crippen molar-refractivity contribution in [3.63, 3.8) is 0 Å². The molecule has 3 nitrogen and oxygen atoms in total. The van der Waals surface area contributed by atoms with Crippen molar-refractivity contribution in [3.8, 4) is 0 Å². The Hall–Kier alpha value is -1.91. The maximum atomic E-state index is 5.98. The van der Waals surface area contributed by atoms with E-state index >= 15 is 0 Å². The Kier molecular flexibility index (Phi) is 4.71. The van der Waals surface area contributed by atoms with Crippen LogP contribution < -0.4 is 5.55 Å². The molecule has 0 aliphatic rings. The first-order valence-corrected chi connectivity index (χ1v) is 7.95. The van der Waals surface area contributed by atoms with E-state index in [1.54, 1.807) is 0 Å². The van der Waals surface area contributed by atoms with Crippen LogP contribution in [0.3, 0.4) is 0 Å². The number of para-hydroxylation sites is 1. The van der Waals surface area contributed by atoms with E-state index in [1.165, 1.54) is 0 Å². The number of hydrogen-bond donors (Lipinski definition) is 0. The van der Waals surface area contributed by atoms with Crippen LogP contribution in [-0.2, 0) is 11.3 Å². The summed E-state index contributed by atoms with van der Waals surface area (Å²) in [4.78, 5) is 4.61. The van der Waals surface area contributed by atoms with Gasteiger partial charge in [-0.3, -0.25) is 0 Å². The van der Waals surface area contributed by atoms with Gasteiger partial charge in [0.15, 0.2) is 0 Å². The van der Waals surface area contributed by atoms with E-state index in [2.05, 4.69) is 27.0 Å². The number of hydrogen-bond acceptors (Lipinski definition) is 3. The van der Waals surface area contributed by atoms with Gasteiger partial charge in [-0.15, -0.1) is 0 Å². The van der Waals surface area contributed by atoms with E-state index in [0.29, 0.717) is 18.8 Å². The fraction of sp³-hybridized carbons (Fsp3) is 0.167. The molecule has 22 heavy (non-hydrogen) atoms. The zero-order valence-electron chi connectivity index (χ0n) is 12.3. The summed E-state index contributed by atoms with van der Waals surface area (Å²) in [6, 6.07) is 17.8. The molecule has 0 fully saturated rings. The number of nitrogens with zero attached hydrogens (tertiary/aromatic N) is 1. The summed E-state index contributed by atoms with van der Waals surface area (Å²) in [5.41, 5.74) is 3.20. The molecule has 1 aromatic heterocycles. The predicted octanol–water partition coefficient (Wildman–Crippen LogP) is 4.96. The van der Waals surface area contributed by atoms with Gasteiger partial charge in [0.05, 0.1) is 12.3 Å². The Balaban J connectivity index is 2.17. The van der Waals surface area contributed by atoms with E-state index < -0.39 is 0 Å². The van der Waals surface area contributed by atoms with Crippen molar-refractivity contribution >= 4 is 32.6 Å². The summed E-state index contributed by atoms with van der Waals surface area (Å²) in [5.74, 6) is 0. The first-order valence-electron chi connectivity index (χ1n) is 7.16. The monoisotopic (exact) mass is 357 g/mol. The molecular formula is C18H16BrNO2. The third-order valence-electron chi connectivity index (χ3n) is 3.23. The van der Waals surface area contributed by atoms with E-state index in [-0.39, 0.29) is 0 Å². The van der Waals surface area contributed by atoms with Crippen LogP contribution in [0, 0.1) is 0 Å². The molecule has 0 radical (unpaired) electrons. The van der Waals surface area contributed by atoms with Crippen LogP contribution in [0.15, 0.2) is 68.5 Å². The van der Waals surface area contributed by atoms with Crippen molar-refractivity contribution in [1.29, 1.82) is 0 Å². The summed E-state index contributed by atoms with van der Waals surface area (Å²) < 4.78 is 12.5. The molecule has 3 rings (SSSR count). The minimum Gasteiger partial charge on any atom is -0.438 e. The van der Waals surface area contributed by atoms with Crippen molar-refractivity contribution in [2.45, 2.75) is 13.5 Å². The molecule has 0 N–H and O–H groups in total. The van der Waals surface area contributed by atoms with Crippen LogP contribution in [0.2, 0.25) is 0 Å². The number of ether oxygens (including phenoxy) is 1. The van der Waals surface area contributed by atoms with E-state index in [1.807, 2.05) is 55.5 Å². The summed E-state index contributed by atoms with van der Waals surface area (Å²) in [5, 5.41) is 1.02. The second kappa shape index (κ2) is 6.90. The highest BCUT2D eigenvalue weighted by Crippen LogP contribution is 2.20. The standard InChI is InChI=1S/C18H16BrNO2/c1-2-21-12-14-10-13-11-15(19)8-9-17(13)22-18(14)20-16-6-4-3-5-7-16/h3-11H,2,12H2,1H3/b20-18-. The topological polar surface area (TPSA) is 34.7 Å². The quantitative estimate of drug-likeness (QED) is 0.660. The predicted molar refractivity (Wildman–Crippen MR) is 90.9 cm³/mol. The van der Waals surface area contributed by atoms with Crippen LogP contribution in [0.1, 0.15) is 12.5 Å². The van der Waals surface area contributed by atoms with Crippen LogP contribution in [0.5, 0.6) is 0 Å². The van der Waals surface area contributed by atoms with Gasteiger partial charge in [0.25, 0.3) is 0 Å². The summed E-state index contributed by atoms with van der Waals surface area (Å²) in [6.45, 7) is 3.11. The molecule has 2 aromatic carbocycles. The normalized spacial score (nSPS) is 12.0. The lowest BCUT2D eigenvalue weighted by Crippen LogP contribution is -2.10. The zero-order valence-corrected chi connectivity index (χ0v) is 13.8. The summed E-state index contributed by atoms with van der Waals surface area (Å²) >= 11 is 3.49. The smallest absolute Gasteiger partial charge is 0.225 e. The summed E-state index contributed by atoms with van der Waals surface area (Å²) in [6.07, 6.45) is 0. The molecule has 3 aromatic rings. The summed E-state index contributed by atoms with van der Waals surface area (Å²) in [7, 11) is 0. The Morgan fingerprint density at radius 1 is 1.09 bits per heavy atom.